The minimum atomic E-state index is -0.366. The van der Waals surface area contributed by atoms with Gasteiger partial charge in [0.25, 0.3) is 5.69 Å². The van der Waals surface area contributed by atoms with Crippen LogP contribution in [0, 0.1) is 10.1 Å². The van der Waals surface area contributed by atoms with E-state index in [1.54, 1.807) is 37.4 Å². The maximum absolute atomic E-state index is 11.8. The Labute approximate surface area is 180 Å². The number of ether oxygens (including phenoxy) is 2. The van der Waals surface area contributed by atoms with Crippen molar-refractivity contribution >= 4 is 5.69 Å². The molecular weight excluding hydrogens is 390 g/mol. The van der Waals surface area contributed by atoms with Crippen LogP contribution in [0.2, 0.25) is 0 Å². The van der Waals surface area contributed by atoms with Gasteiger partial charge in [-0.15, -0.1) is 0 Å². The van der Waals surface area contributed by atoms with Gasteiger partial charge in [-0.1, -0.05) is 60.7 Å². The Morgan fingerprint density at radius 1 is 0.774 bits per heavy atom. The lowest BCUT2D eigenvalue weighted by Gasteiger charge is -2.14. The van der Waals surface area contributed by atoms with Gasteiger partial charge in [-0.05, 0) is 41.0 Å². The Hall–Kier alpha value is -4.12. The molecular formula is C26H21NO4. The van der Waals surface area contributed by atoms with E-state index in [4.69, 9.17) is 9.47 Å². The summed E-state index contributed by atoms with van der Waals surface area (Å²) in [5.74, 6) is 1.14. The highest BCUT2D eigenvalue weighted by Crippen LogP contribution is 2.40. The van der Waals surface area contributed by atoms with Crippen molar-refractivity contribution in [3.63, 3.8) is 0 Å². The minimum absolute atomic E-state index is 0.0226. The summed E-state index contributed by atoms with van der Waals surface area (Å²) in [6.07, 6.45) is 0. The second-order valence-corrected chi connectivity index (χ2v) is 6.99. The number of hydrogen-bond donors (Lipinski definition) is 0. The van der Waals surface area contributed by atoms with Gasteiger partial charge in [-0.25, -0.2) is 0 Å². The summed E-state index contributed by atoms with van der Waals surface area (Å²) in [4.78, 5) is 11.4. The third kappa shape index (κ3) is 4.56. The maximum Gasteiger partial charge on any atom is 0.277 e. The zero-order valence-electron chi connectivity index (χ0n) is 17.0. The monoisotopic (exact) mass is 411 g/mol. The van der Waals surface area contributed by atoms with Crippen molar-refractivity contribution < 1.29 is 14.4 Å². The van der Waals surface area contributed by atoms with Gasteiger partial charge < -0.3 is 9.47 Å². The molecule has 154 valence electrons. The van der Waals surface area contributed by atoms with Crippen molar-refractivity contribution in [3.8, 4) is 33.8 Å². The summed E-state index contributed by atoms with van der Waals surface area (Å²) in [6, 6.07) is 30.0. The maximum atomic E-state index is 11.8. The van der Waals surface area contributed by atoms with Crippen LogP contribution in [-0.2, 0) is 6.61 Å². The Bertz CT molecular complexity index is 1190. The van der Waals surface area contributed by atoms with E-state index in [1.165, 1.54) is 0 Å². The van der Waals surface area contributed by atoms with Crippen LogP contribution in [0.15, 0.2) is 97.1 Å². The van der Waals surface area contributed by atoms with Crippen LogP contribution in [0.25, 0.3) is 22.3 Å². The number of rotatable bonds is 7. The lowest BCUT2D eigenvalue weighted by molar-refractivity contribution is -0.384. The lowest BCUT2D eigenvalue weighted by Crippen LogP contribution is -1.99. The highest BCUT2D eigenvalue weighted by Gasteiger charge is 2.20. The quantitative estimate of drug-likeness (QED) is 0.257. The third-order valence-electron chi connectivity index (χ3n) is 5.02. The Kier molecular flexibility index (Phi) is 5.94. The van der Waals surface area contributed by atoms with E-state index in [2.05, 4.69) is 0 Å². The average molecular weight is 411 g/mol. The largest absolute Gasteiger partial charge is 0.497 e. The van der Waals surface area contributed by atoms with Crippen LogP contribution < -0.4 is 9.47 Å². The summed E-state index contributed by atoms with van der Waals surface area (Å²) >= 11 is 0. The number of benzene rings is 4. The Morgan fingerprint density at radius 2 is 1.48 bits per heavy atom. The van der Waals surface area contributed by atoms with Crippen molar-refractivity contribution in [1.29, 1.82) is 0 Å². The Morgan fingerprint density at radius 3 is 2.16 bits per heavy atom. The molecule has 5 nitrogen and oxygen atoms in total. The summed E-state index contributed by atoms with van der Waals surface area (Å²) < 4.78 is 11.5. The molecule has 5 heteroatoms. The van der Waals surface area contributed by atoms with Crippen molar-refractivity contribution in [2.75, 3.05) is 7.11 Å². The smallest absolute Gasteiger partial charge is 0.277 e. The molecule has 0 aliphatic carbocycles. The molecule has 0 saturated heterocycles. The van der Waals surface area contributed by atoms with Crippen molar-refractivity contribution in [2.45, 2.75) is 6.61 Å². The molecule has 0 fully saturated rings. The van der Waals surface area contributed by atoms with E-state index < -0.39 is 0 Å². The van der Waals surface area contributed by atoms with E-state index in [0.29, 0.717) is 29.2 Å². The first-order valence-electron chi connectivity index (χ1n) is 9.84. The zero-order chi connectivity index (χ0) is 21.6. The second kappa shape index (κ2) is 9.13. The first-order valence-corrected chi connectivity index (χ1v) is 9.84. The van der Waals surface area contributed by atoms with Gasteiger partial charge in [-0.3, -0.25) is 10.1 Å². The number of nitro groups is 1. The molecule has 0 saturated carbocycles. The van der Waals surface area contributed by atoms with Gasteiger partial charge in [0.2, 0.25) is 0 Å². The molecule has 0 spiro atoms. The highest BCUT2D eigenvalue weighted by atomic mass is 16.6. The molecule has 0 amide bonds. The van der Waals surface area contributed by atoms with Crippen molar-refractivity contribution in [3.05, 3.63) is 113 Å². The van der Waals surface area contributed by atoms with Gasteiger partial charge in [0.05, 0.1) is 17.6 Å². The molecule has 0 atom stereocenters. The van der Waals surface area contributed by atoms with Crippen LogP contribution in [0.3, 0.4) is 0 Å². The highest BCUT2D eigenvalue weighted by molar-refractivity contribution is 5.83. The fourth-order valence-corrected chi connectivity index (χ4v) is 3.43. The number of nitro benzene ring substituents is 1. The molecule has 0 unspecified atom stereocenters. The van der Waals surface area contributed by atoms with Crippen LogP contribution in [-0.4, -0.2) is 12.0 Å². The zero-order valence-corrected chi connectivity index (χ0v) is 17.0. The van der Waals surface area contributed by atoms with Crippen LogP contribution >= 0.6 is 0 Å². The molecule has 4 aromatic rings. The molecule has 0 heterocycles. The van der Waals surface area contributed by atoms with Gasteiger partial charge in [0.15, 0.2) is 0 Å². The number of nitrogens with zero attached hydrogens (tertiary/aromatic N) is 1. The normalized spacial score (nSPS) is 10.5. The minimum Gasteiger partial charge on any atom is -0.497 e. The van der Waals surface area contributed by atoms with E-state index in [-0.39, 0.29) is 10.6 Å². The number of hydrogen-bond acceptors (Lipinski definition) is 4. The molecule has 0 N–H and O–H groups in total. The fraction of sp³-hybridized carbons (Fsp3) is 0.0769. The summed E-state index contributed by atoms with van der Waals surface area (Å²) in [5, 5.41) is 11.8. The van der Waals surface area contributed by atoms with Gasteiger partial charge >= 0.3 is 0 Å². The first-order chi connectivity index (χ1) is 15.2. The molecule has 0 aromatic heterocycles. The molecule has 0 radical (unpaired) electrons. The summed E-state index contributed by atoms with van der Waals surface area (Å²) in [7, 11) is 1.58. The molecule has 4 rings (SSSR count). The SMILES string of the molecule is COc1ccc(-c2cc(-c3ccccc3)ccc2[N+](=O)[O-])c(OCc2ccccc2)c1. The predicted molar refractivity (Wildman–Crippen MR) is 121 cm³/mol. The van der Waals surface area contributed by atoms with Crippen LogP contribution in [0.4, 0.5) is 5.69 Å². The fourth-order valence-electron chi connectivity index (χ4n) is 3.43. The van der Waals surface area contributed by atoms with Gasteiger partial charge in [-0.2, -0.15) is 0 Å². The lowest BCUT2D eigenvalue weighted by atomic mass is 9.96. The van der Waals surface area contributed by atoms with Crippen LogP contribution in [0.5, 0.6) is 11.5 Å². The second-order valence-electron chi connectivity index (χ2n) is 6.99. The van der Waals surface area contributed by atoms with E-state index in [1.807, 2.05) is 66.7 Å². The first kappa shape index (κ1) is 20.2. The Balaban J connectivity index is 1.81. The molecule has 0 bridgehead atoms. The van der Waals surface area contributed by atoms with Gasteiger partial charge in [0, 0.05) is 17.7 Å². The standard InChI is InChI=1S/C26H21NO4/c1-30-22-13-14-23(26(17-22)31-18-19-8-4-2-5-9-19)24-16-21(12-15-25(24)27(28)29)20-10-6-3-7-11-20/h2-17H,18H2,1H3. The van der Waals surface area contributed by atoms with E-state index in [0.717, 1.165) is 16.7 Å². The number of methoxy groups -OCH3 is 1. The van der Waals surface area contributed by atoms with E-state index >= 15 is 0 Å². The van der Waals surface area contributed by atoms with Crippen molar-refractivity contribution in [1.82, 2.24) is 0 Å². The van der Waals surface area contributed by atoms with Gasteiger partial charge in [0.1, 0.15) is 18.1 Å². The van der Waals surface area contributed by atoms with E-state index in [9.17, 15) is 10.1 Å². The average Bonchev–Trinajstić information content (AvgIpc) is 2.83. The topological polar surface area (TPSA) is 61.6 Å². The predicted octanol–water partition coefficient (Wildman–Crippen LogP) is 6.52. The molecule has 0 aliphatic heterocycles. The molecule has 31 heavy (non-hydrogen) atoms. The molecule has 0 aliphatic rings. The summed E-state index contributed by atoms with van der Waals surface area (Å²) in [6.45, 7) is 0.340. The van der Waals surface area contributed by atoms with Crippen LogP contribution in [0.1, 0.15) is 5.56 Å². The van der Waals surface area contributed by atoms with Crippen molar-refractivity contribution in [2.24, 2.45) is 0 Å². The third-order valence-corrected chi connectivity index (χ3v) is 5.02. The summed E-state index contributed by atoms with van der Waals surface area (Å²) in [5.41, 5.74) is 4.04. The molecule has 4 aromatic carbocycles.